The molecule has 29 heavy (non-hydrogen) atoms. The van der Waals surface area contributed by atoms with Crippen LogP contribution in [0.1, 0.15) is 25.0 Å². The van der Waals surface area contributed by atoms with Gasteiger partial charge in [0.2, 0.25) is 0 Å². The number of hydrogen-bond donors (Lipinski definition) is 1. The molecule has 0 aliphatic carbocycles. The van der Waals surface area contributed by atoms with Crippen LogP contribution in [-0.4, -0.2) is 31.1 Å². The fourth-order valence-electron chi connectivity index (χ4n) is 3.36. The van der Waals surface area contributed by atoms with Crippen LogP contribution in [0.2, 0.25) is 0 Å². The topological polar surface area (TPSA) is 24.5 Å². The summed E-state index contributed by atoms with van der Waals surface area (Å²) in [6.45, 7) is 10.1. The number of ether oxygens (including phenoxy) is 1. The molecule has 0 saturated heterocycles. The van der Waals surface area contributed by atoms with Crippen LogP contribution in [0.4, 0.5) is 0 Å². The van der Waals surface area contributed by atoms with Crippen molar-refractivity contribution in [3.63, 3.8) is 0 Å². The van der Waals surface area contributed by atoms with Gasteiger partial charge < -0.3 is 39.8 Å². The van der Waals surface area contributed by atoms with Crippen molar-refractivity contribution < 1.29 is 29.6 Å². The summed E-state index contributed by atoms with van der Waals surface area (Å²) in [6, 6.07) is 23.1. The summed E-state index contributed by atoms with van der Waals surface area (Å²) in [7, 11) is 0. The summed E-state index contributed by atoms with van der Waals surface area (Å²) in [5.74, 6) is 0.966. The smallest absolute Gasteiger partial charge is 0.124 e. The predicted octanol–water partition coefficient (Wildman–Crippen LogP) is -1.14. The van der Waals surface area contributed by atoms with E-state index in [-0.39, 0.29) is 24.8 Å². The number of fused-ring (bicyclic) bond motifs is 1. The standard InChI is InChI=1S/C24H30N2O.2ClH/c1-3-26(4-2)17-16-25-18-23-22-13-9-8-12-21(22)14-15-24(23)27-19-20-10-6-5-7-11-20;;/h5-15,25H,3-4,16-19H2,1-2H3;2*1H/p-2. The summed E-state index contributed by atoms with van der Waals surface area (Å²) < 4.78 is 6.20. The Morgan fingerprint density at radius 2 is 1.52 bits per heavy atom. The molecule has 0 unspecified atom stereocenters. The minimum Gasteiger partial charge on any atom is -1.00 e. The first-order chi connectivity index (χ1) is 13.3. The molecule has 3 aromatic carbocycles. The van der Waals surface area contributed by atoms with E-state index in [1.54, 1.807) is 0 Å². The van der Waals surface area contributed by atoms with E-state index in [9.17, 15) is 0 Å². The average Bonchev–Trinajstić information content (AvgIpc) is 2.73. The minimum atomic E-state index is 0. The Morgan fingerprint density at radius 3 is 2.24 bits per heavy atom. The molecule has 0 bridgehead atoms. The quantitative estimate of drug-likeness (QED) is 0.409. The first kappa shape index (κ1) is 25.3. The van der Waals surface area contributed by atoms with Crippen LogP contribution in [0.15, 0.2) is 66.7 Å². The fourth-order valence-corrected chi connectivity index (χ4v) is 3.36. The van der Waals surface area contributed by atoms with Gasteiger partial charge >= 0.3 is 0 Å². The zero-order valence-corrected chi connectivity index (χ0v) is 18.7. The zero-order chi connectivity index (χ0) is 18.9. The van der Waals surface area contributed by atoms with Gasteiger partial charge in [0, 0.05) is 25.2 Å². The van der Waals surface area contributed by atoms with E-state index in [0.717, 1.165) is 38.5 Å². The Labute approximate surface area is 187 Å². The van der Waals surface area contributed by atoms with Gasteiger partial charge in [-0.1, -0.05) is 74.5 Å². The average molecular weight is 433 g/mol. The highest BCUT2D eigenvalue weighted by Gasteiger charge is 2.09. The van der Waals surface area contributed by atoms with Crippen molar-refractivity contribution in [3.05, 3.63) is 77.9 Å². The van der Waals surface area contributed by atoms with Gasteiger partial charge in [-0.15, -0.1) is 0 Å². The largest absolute Gasteiger partial charge is 1.00 e. The van der Waals surface area contributed by atoms with Gasteiger partial charge in [0.05, 0.1) is 0 Å². The van der Waals surface area contributed by atoms with Gasteiger partial charge in [0.15, 0.2) is 0 Å². The second kappa shape index (κ2) is 13.4. The summed E-state index contributed by atoms with van der Waals surface area (Å²) in [5, 5.41) is 6.13. The summed E-state index contributed by atoms with van der Waals surface area (Å²) in [5.41, 5.74) is 2.43. The third kappa shape index (κ3) is 7.20. The van der Waals surface area contributed by atoms with E-state index in [0.29, 0.717) is 6.61 Å². The normalized spacial score (nSPS) is 10.4. The van der Waals surface area contributed by atoms with E-state index in [2.05, 4.69) is 84.7 Å². The van der Waals surface area contributed by atoms with Gasteiger partial charge in [-0.2, -0.15) is 0 Å². The van der Waals surface area contributed by atoms with E-state index in [4.69, 9.17) is 4.74 Å². The molecule has 0 aliphatic rings. The predicted molar refractivity (Wildman–Crippen MR) is 114 cm³/mol. The number of benzene rings is 3. The maximum Gasteiger partial charge on any atom is 0.124 e. The van der Waals surface area contributed by atoms with Crippen LogP contribution in [-0.2, 0) is 13.2 Å². The van der Waals surface area contributed by atoms with Crippen LogP contribution in [0, 0.1) is 0 Å². The molecule has 158 valence electrons. The molecular weight excluding hydrogens is 403 g/mol. The van der Waals surface area contributed by atoms with Crippen LogP contribution in [0.3, 0.4) is 0 Å². The lowest BCUT2D eigenvalue weighted by Crippen LogP contribution is -3.00. The van der Waals surface area contributed by atoms with Gasteiger partial charge in [0.1, 0.15) is 12.4 Å². The molecule has 0 spiro atoms. The fraction of sp³-hybridized carbons (Fsp3) is 0.333. The first-order valence-corrected chi connectivity index (χ1v) is 9.92. The summed E-state index contributed by atoms with van der Waals surface area (Å²) >= 11 is 0. The number of nitrogens with one attached hydrogen (secondary N) is 1. The summed E-state index contributed by atoms with van der Waals surface area (Å²) in [4.78, 5) is 2.43. The molecule has 0 aromatic heterocycles. The molecule has 5 heteroatoms. The molecule has 3 rings (SSSR count). The Kier molecular flexibility index (Phi) is 11.7. The molecule has 3 nitrogen and oxygen atoms in total. The molecule has 3 aromatic rings. The maximum absolute atomic E-state index is 6.20. The molecule has 1 N–H and O–H groups in total. The first-order valence-electron chi connectivity index (χ1n) is 9.92. The van der Waals surface area contributed by atoms with Crippen molar-refractivity contribution in [2.24, 2.45) is 0 Å². The van der Waals surface area contributed by atoms with E-state index in [1.165, 1.54) is 21.9 Å². The lowest BCUT2D eigenvalue weighted by molar-refractivity contribution is -0.001000. The third-order valence-corrected chi connectivity index (χ3v) is 5.04. The molecule has 0 aliphatic heterocycles. The second-order valence-electron chi connectivity index (χ2n) is 6.74. The highest BCUT2D eigenvalue weighted by molar-refractivity contribution is 5.87. The van der Waals surface area contributed by atoms with Crippen molar-refractivity contribution in [1.82, 2.24) is 10.2 Å². The lowest BCUT2D eigenvalue weighted by atomic mass is 10.0. The molecule has 0 fully saturated rings. The van der Waals surface area contributed by atoms with E-state index < -0.39 is 0 Å². The maximum atomic E-state index is 6.20. The van der Waals surface area contributed by atoms with Crippen molar-refractivity contribution in [2.45, 2.75) is 27.0 Å². The van der Waals surface area contributed by atoms with Crippen molar-refractivity contribution >= 4 is 10.8 Å². The van der Waals surface area contributed by atoms with E-state index >= 15 is 0 Å². The van der Waals surface area contributed by atoms with Gasteiger partial charge in [0.25, 0.3) is 0 Å². The zero-order valence-electron chi connectivity index (χ0n) is 17.2. The Hall–Kier alpha value is -1.78. The molecule has 0 heterocycles. The van der Waals surface area contributed by atoms with Crippen molar-refractivity contribution in [1.29, 1.82) is 0 Å². The molecule has 0 saturated carbocycles. The van der Waals surface area contributed by atoms with Gasteiger partial charge in [-0.05, 0) is 35.5 Å². The van der Waals surface area contributed by atoms with Crippen LogP contribution < -0.4 is 34.9 Å². The second-order valence-corrected chi connectivity index (χ2v) is 6.74. The molecule has 0 radical (unpaired) electrons. The number of nitrogens with zero attached hydrogens (tertiary/aromatic N) is 1. The third-order valence-electron chi connectivity index (χ3n) is 5.04. The number of halogens is 2. The van der Waals surface area contributed by atoms with Gasteiger partial charge in [-0.3, -0.25) is 0 Å². The van der Waals surface area contributed by atoms with E-state index in [1.807, 2.05) is 6.07 Å². The van der Waals surface area contributed by atoms with Crippen LogP contribution >= 0.6 is 0 Å². The minimum absolute atomic E-state index is 0. The van der Waals surface area contributed by atoms with Crippen molar-refractivity contribution in [2.75, 3.05) is 26.2 Å². The van der Waals surface area contributed by atoms with Gasteiger partial charge in [-0.25, -0.2) is 0 Å². The van der Waals surface area contributed by atoms with Crippen LogP contribution in [0.5, 0.6) is 5.75 Å². The lowest BCUT2D eigenvalue weighted by Gasteiger charge is -2.19. The molecular formula is C24H30Cl2N2O-2. The molecule has 0 atom stereocenters. The Bertz CT molecular complexity index is 839. The number of likely N-dealkylation sites (N-methyl/N-ethyl adjacent to an activating group) is 1. The SMILES string of the molecule is CCN(CC)CCNCc1c(OCc2ccccc2)ccc2ccccc12.[Cl-].[Cl-]. The number of hydrogen-bond acceptors (Lipinski definition) is 3. The summed E-state index contributed by atoms with van der Waals surface area (Å²) in [6.07, 6.45) is 0. The highest BCUT2D eigenvalue weighted by Crippen LogP contribution is 2.28. The highest BCUT2D eigenvalue weighted by atomic mass is 35.5. The van der Waals surface area contributed by atoms with Crippen molar-refractivity contribution in [3.8, 4) is 5.75 Å². The monoisotopic (exact) mass is 432 g/mol. The number of rotatable bonds is 10. The molecule has 0 amide bonds. The Morgan fingerprint density at radius 1 is 0.828 bits per heavy atom. The Balaban J connectivity index is 0.00000210. The van der Waals surface area contributed by atoms with Crippen LogP contribution in [0.25, 0.3) is 10.8 Å².